The van der Waals surface area contributed by atoms with E-state index in [0.29, 0.717) is 6.04 Å². The molecule has 0 radical (unpaired) electrons. The summed E-state index contributed by atoms with van der Waals surface area (Å²) in [4.78, 5) is 14.6. The van der Waals surface area contributed by atoms with Crippen molar-refractivity contribution in [3.8, 4) is 0 Å². The number of benzene rings is 1. The van der Waals surface area contributed by atoms with E-state index in [1.54, 1.807) is 0 Å². The topological polar surface area (TPSA) is 44.4 Å². The van der Waals surface area contributed by atoms with Gasteiger partial charge in [0.15, 0.2) is 5.11 Å². The van der Waals surface area contributed by atoms with Crippen LogP contribution in [-0.2, 0) is 4.79 Å². The van der Waals surface area contributed by atoms with Crippen LogP contribution in [0.3, 0.4) is 0 Å². The standard InChI is InChI=1S/C20H29N3OS/c1-15-7-5-6-10-18(15)22-20(25)23-13-11-17(12-14-23)21-19(24)16-8-3-2-4-9-16/h5-7,10,16-17H,2-4,8-9,11-14H2,1H3,(H,21,24)(H,22,25). The van der Waals surface area contributed by atoms with Crippen molar-refractivity contribution in [1.82, 2.24) is 10.2 Å². The second-order valence-corrected chi connectivity index (χ2v) is 7.74. The smallest absolute Gasteiger partial charge is 0.223 e. The van der Waals surface area contributed by atoms with E-state index >= 15 is 0 Å². The predicted molar refractivity (Wildman–Crippen MR) is 107 cm³/mol. The zero-order chi connectivity index (χ0) is 17.6. The second kappa shape index (κ2) is 8.65. The average molecular weight is 360 g/mol. The fourth-order valence-corrected chi connectivity index (χ4v) is 4.11. The molecule has 4 nitrogen and oxygen atoms in total. The maximum Gasteiger partial charge on any atom is 0.223 e. The lowest BCUT2D eigenvalue weighted by atomic mass is 9.88. The van der Waals surface area contributed by atoms with Crippen molar-refractivity contribution in [3.63, 3.8) is 0 Å². The lowest BCUT2D eigenvalue weighted by molar-refractivity contribution is -0.126. The summed E-state index contributed by atoms with van der Waals surface area (Å²) in [5.41, 5.74) is 2.26. The van der Waals surface area contributed by atoms with Crippen LogP contribution < -0.4 is 10.6 Å². The number of para-hydroxylation sites is 1. The van der Waals surface area contributed by atoms with Crippen molar-refractivity contribution in [2.75, 3.05) is 18.4 Å². The molecule has 1 heterocycles. The highest BCUT2D eigenvalue weighted by Gasteiger charge is 2.26. The summed E-state index contributed by atoms with van der Waals surface area (Å²) in [6, 6.07) is 8.48. The molecule has 136 valence electrons. The Morgan fingerprint density at radius 2 is 1.76 bits per heavy atom. The summed E-state index contributed by atoms with van der Waals surface area (Å²) in [5, 5.41) is 7.42. The molecule has 2 N–H and O–H groups in total. The monoisotopic (exact) mass is 359 g/mol. The Morgan fingerprint density at radius 1 is 1.08 bits per heavy atom. The zero-order valence-electron chi connectivity index (χ0n) is 15.1. The molecule has 1 aromatic carbocycles. The van der Waals surface area contributed by atoms with E-state index < -0.39 is 0 Å². The molecule has 5 heteroatoms. The fraction of sp³-hybridized carbons (Fsp3) is 0.600. The first-order valence-corrected chi connectivity index (χ1v) is 9.96. The van der Waals surface area contributed by atoms with Crippen molar-refractivity contribution in [2.45, 2.75) is 57.9 Å². The predicted octanol–water partition coefficient (Wildman–Crippen LogP) is 3.85. The second-order valence-electron chi connectivity index (χ2n) is 7.35. The van der Waals surface area contributed by atoms with E-state index in [1.165, 1.54) is 24.8 Å². The minimum Gasteiger partial charge on any atom is -0.353 e. The SMILES string of the molecule is Cc1ccccc1NC(=S)N1CCC(NC(=O)C2CCCCC2)CC1. The van der Waals surface area contributed by atoms with Crippen LogP contribution in [0, 0.1) is 12.8 Å². The van der Waals surface area contributed by atoms with Gasteiger partial charge in [-0.2, -0.15) is 0 Å². The van der Waals surface area contributed by atoms with E-state index in [-0.39, 0.29) is 11.8 Å². The Bertz CT molecular complexity index is 605. The Kier molecular flexibility index (Phi) is 6.29. The molecule has 1 saturated heterocycles. The summed E-state index contributed by atoms with van der Waals surface area (Å²) < 4.78 is 0. The number of carbonyl (C=O) groups excluding carboxylic acids is 1. The molecule has 0 atom stereocenters. The van der Waals surface area contributed by atoms with Crippen LogP contribution in [0.5, 0.6) is 0 Å². The van der Waals surface area contributed by atoms with E-state index in [1.807, 2.05) is 12.1 Å². The number of rotatable bonds is 3. The number of hydrogen-bond donors (Lipinski definition) is 2. The number of amides is 1. The molecule has 0 bridgehead atoms. The van der Waals surface area contributed by atoms with Gasteiger partial charge in [0.1, 0.15) is 0 Å². The molecule has 1 aliphatic carbocycles. The Morgan fingerprint density at radius 3 is 2.44 bits per heavy atom. The highest BCUT2D eigenvalue weighted by molar-refractivity contribution is 7.80. The number of carbonyl (C=O) groups is 1. The molecule has 1 aromatic rings. The first-order valence-electron chi connectivity index (χ1n) is 9.55. The van der Waals surface area contributed by atoms with Crippen molar-refractivity contribution >= 4 is 28.9 Å². The van der Waals surface area contributed by atoms with Crippen molar-refractivity contribution in [2.24, 2.45) is 5.92 Å². The van der Waals surface area contributed by atoms with Crippen LogP contribution in [0.2, 0.25) is 0 Å². The number of nitrogens with one attached hydrogen (secondary N) is 2. The number of nitrogens with zero attached hydrogens (tertiary/aromatic N) is 1. The highest BCUT2D eigenvalue weighted by atomic mass is 32.1. The Hall–Kier alpha value is -1.62. The molecule has 2 aliphatic rings. The van der Waals surface area contributed by atoms with E-state index in [4.69, 9.17) is 12.2 Å². The molecule has 25 heavy (non-hydrogen) atoms. The maximum absolute atomic E-state index is 12.4. The number of hydrogen-bond acceptors (Lipinski definition) is 2. The molecule has 0 unspecified atom stereocenters. The van der Waals surface area contributed by atoms with E-state index in [9.17, 15) is 4.79 Å². The lowest BCUT2D eigenvalue weighted by Crippen LogP contribution is -2.48. The number of anilines is 1. The highest BCUT2D eigenvalue weighted by Crippen LogP contribution is 2.24. The number of thiocarbonyl (C=S) groups is 1. The van der Waals surface area contributed by atoms with Gasteiger partial charge in [0.25, 0.3) is 0 Å². The summed E-state index contributed by atoms with van der Waals surface area (Å²) in [6.45, 7) is 3.87. The Labute approximate surface area is 156 Å². The van der Waals surface area contributed by atoms with Crippen molar-refractivity contribution < 1.29 is 4.79 Å². The number of piperidine rings is 1. The molecule has 1 saturated carbocycles. The van der Waals surface area contributed by atoms with Gasteiger partial charge >= 0.3 is 0 Å². The molecular weight excluding hydrogens is 330 g/mol. The molecule has 0 aromatic heterocycles. The number of likely N-dealkylation sites (tertiary alicyclic amines) is 1. The lowest BCUT2D eigenvalue weighted by Gasteiger charge is -2.35. The van der Waals surface area contributed by atoms with Crippen LogP contribution in [-0.4, -0.2) is 35.1 Å². The summed E-state index contributed by atoms with van der Waals surface area (Å²) in [5.74, 6) is 0.523. The minimum absolute atomic E-state index is 0.246. The van der Waals surface area contributed by atoms with E-state index in [2.05, 4.69) is 34.6 Å². The van der Waals surface area contributed by atoms with Crippen molar-refractivity contribution in [3.05, 3.63) is 29.8 Å². The first kappa shape index (κ1) is 18.2. The van der Waals surface area contributed by atoms with Gasteiger partial charge in [0.05, 0.1) is 0 Å². The summed E-state index contributed by atoms with van der Waals surface area (Å²) >= 11 is 5.57. The van der Waals surface area contributed by atoms with Gasteiger partial charge in [-0.25, -0.2) is 0 Å². The van der Waals surface area contributed by atoms with Crippen LogP contribution >= 0.6 is 12.2 Å². The largest absolute Gasteiger partial charge is 0.353 e. The molecule has 3 rings (SSSR count). The van der Waals surface area contributed by atoms with Gasteiger partial charge in [0.2, 0.25) is 5.91 Å². The third-order valence-electron chi connectivity index (χ3n) is 5.49. The molecular formula is C20H29N3OS. The van der Waals surface area contributed by atoms with Gasteiger partial charge in [-0.1, -0.05) is 37.5 Å². The van der Waals surface area contributed by atoms with Gasteiger partial charge in [-0.05, 0) is 56.5 Å². The molecule has 1 amide bonds. The van der Waals surface area contributed by atoms with Gasteiger partial charge in [0, 0.05) is 30.7 Å². The number of aryl methyl sites for hydroxylation is 1. The van der Waals surface area contributed by atoms with Gasteiger partial charge in [-0.3, -0.25) is 4.79 Å². The van der Waals surface area contributed by atoms with Gasteiger partial charge < -0.3 is 15.5 Å². The van der Waals surface area contributed by atoms with Gasteiger partial charge in [-0.15, -0.1) is 0 Å². The normalized spacial score (nSPS) is 19.5. The zero-order valence-corrected chi connectivity index (χ0v) is 15.9. The first-order chi connectivity index (χ1) is 12.1. The quantitative estimate of drug-likeness (QED) is 0.805. The third-order valence-corrected chi connectivity index (χ3v) is 5.85. The third kappa shape index (κ3) is 4.94. The fourth-order valence-electron chi connectivity index (χ4n) is 3.82. The molecule has 0 spiro atoms. The molecule has 1 aliphatic heterocycles. The van der Waals surface area contributed by atoms with E-state index in [0.717, 1.165) is 49.6 Å². The van der Waals surface area contributed by atoms with Crippen LogP contribution in [0.1, 0.15) is 50.5 Å². The average Bonchev–Trinajstić information content (AvgIpc) is 2.65. The van der Waals surface area contributed by atoms with Crippen LogP contribution in [0.15, 0.2) is 24.3 Å². The van der Waals surface area contributed by atoms with Crippen LogP contribution in [0.4, 0.5) is 5.69 Å². The Balaban J connectivity index is 1.44. The summed E-state index contributed by atoms with van der Waals surface area (Å²) in [7, 11) is 0. The van der Waals surface area contributed by atoms with Crippen molar-refractivity contribution in [1.29, 1.82) is 0 Å². The van der Waals surface area contributed by atoms with Crippen LogP contribution in [0.25, 0.3) is 0 Å². The summed E-state index contributed by atoms with van der Waals surface area (Å²) in [6.07, 6.45) is 7.75. The molecule has 2 fully saturated rings. The minimum atomic E-state index is 0.246. The maximum atomic E-state index is 12.4.